The van der Waals surface area contributed by atoms with Crippen molar-refractivity contribution >= 4 is 28.8 Å². The van der Waals surface area contributed by atoms with E-state index in [4.69, 9.17) is 0 Å². The Morgan fingerprint density at radius 1 is 1.07 bits per heavy atom. The predicted molar refractivity (Wildman–Crippen MR) is 151 cm³/mol. The zero-order chi connectivity index (χ0) is 29.1. The van der Waals surface area contributed by atoms with Gasteiger partial charge in [0.15, 0.2) is 17.2 Å². The van der Waals surface area contributed by atoms with Gasteiger partial charge in [0.1, 0.15) is 22.8 Å². The van der Waals surface area contributed by atoms with E-state index in [0.717, 1.165) is 31.4 Å². The van der Waals surface area contributed by atoms with Crippen LogP contribution in [0, 0.1) is 23.7 Å². The zero-order valence-electron chi connectivity index (χ0n) is 23.9. The average molecular weight is 552 g/mol. The maximum atomic E-state index is 13.8. The molecule has 8 nitrogen and oxygen atoms in total. The first-order chi connectivity index (χ1) is 18.9. The van der Waals surface area contributed by atoms with Gasteiger partial charge in [-0.2, -0.15) is 0 Å². The minimum absolute atomic E-state index is 0.0637. The van der Waals surface area contributed by atoms with Crippen LogP contribution in [-0.4, -0.2) is 57.5 Å². The Labute approximate surface area is 235 Å². The number of carbonyl (C=O) groups excluding carboxylic acids is 3. The predicted octanol–water partition coefficient (Wildman–Crippen LogP) is 4.74. The van der Waals surface area contributed by atoms with Gasteiger partial charge >= 0.3 is 0 Å². The molecule has 0 amide bonds. The van der Waals surface area contributed by atoms with Crippen molar-refractivity contribution in [1.82, 2.24) is 0 Å². The summed E-state index contributed by atoms with van der Waals surface area (Å²) in [5.41, 5.74) is -0.657. The molecule has 216 valence electrons. The number of hydrogen-bond donors (Lipinski definition) is 4. The Bertz CT molecular complexity index is 1330. The molecule has 0 saturated heterocycles. The van der Waals surface area contributed by atoms with Gasteiger partial charge in [-0.05, 0) is 67.6 Å². The lowest BCUT2D eigenvalue weighted by molar-refractivity contribution is -0.147. The first-order valence-electron chi connectivity index (χ1n) is 14.6. The van der Waals surface area contributed by atoms with Crippen molar-refractivity contribution in [2.45, 2.75) is 83.7 Å². The lowest BCUT2D eigenvalue weighted by atomic mass is 9.59. The van der Waals surface area contributed by atoms with Crippen molar-refractivity contribution in [1.29, 1.82) is 0 Å². The first kappa shape index (κ1) is 28.4. The van der Waals surface area contributed by atoms with Gasteiger partial charge in [-0.3, -0.25) is 14.4 Å². The van der Waals surface area contributed by atoms with Crippen LogP contribution in [0.15, 0.2) is 23.0 Å². The summed E-state index contributed by atoms with van der Waals surface area (Å²) in [6.45, 7) is 3.41. The zero-order valence-corrected chi connectivity index (χ0v) is 23.9. The molecular weight excluding hydrogens is 510 g/mol. The van der Waals surface area contributed by atoms with Crippen LogP contribution < -0.4 is 4.90 Å². The second-order valence-corrected chi connectivity index (χ2v) is 12.8. The van der Waals surface area contributed by atoms with E-state index in [-0.39, 0.29) is 29.7 Å². The summed E-state index contributed by atoms with van der Waals surface area (Å²) in [4.78, 5) is 40.5. The number of allylic oxidation sites excluding steroid dienone is 1. The second kappa shape index (κ2) is 10.4. The maximum Gasteiger partial charge on any atom is 0.202 e. The number of fused-ring (bicyclic) bond motifs is 3. The summed E-state index contributed by atoms with van der Waals surface area (Å²) >= 11 is 0. The average Bonchev–Trinajstić information content (AvgIpc) is 2.88. The third kappa shape index (κ3) is 4.44. The molecule has 1 aromatic carbocycles. The molecule has 4 aliphatic rings. The van der Waals surface area contributed by atoms with Crippen LogP contribution in [0.5, 0.6) is 5.75 Å². The van der Waals surface area contributed by atoms with Gasteiger partial charge in [0, 0.05) is 37.7 Å². The number of aliphatic hydroxyl groups is 3. The minimum Gasteiger partial charge on any atom is -0.508 e. The molecule has 0 aromatic heterocycles. The number of hydrogen-bond acceptors (Lipinski definition) is 8. The Hall–Kier alpha value is -3.13. The molecule has 0 radical (unpaired) electrons. The monoisotopic (exact) mass is 551 g/mol. The minimum atomic E-state index is -2.47. The lowest BCUT2D eigenvalue weighted by Gasteiger charge is -2.46. The molecule has 40 heavy (non-hydrogen) atoms. The van der Waals surface area contributed by atoms with Crippen LogP contribution >= 0.6 is 0 Å². The summed E-state index contributed by atoms with van der Waals surface area (Å²) in [6, 6.07) is 1.97. The SMILES string of the molecule is CC(=O)C1=C(O)[C@@]2(O)C(=O)C3=C(O)c4c(O)c(CCCC5CCC(C)CC5)cc(N(C)C)c4C[C@H]3C[C@H]2CC1=O. The number of rotatable bonds is 6. The van der Waals surface area contributed by atoms with Gasteiger partial charge < -0.3 is 25.3 Å². The summed E-state index contributed by atoms with van der Waals surface area (Å²) in [5, 5.41) is 45.3. The van der Waals surface area contributed by atoms with Crippen molar-refractivity contribution in [3.05, 3.63) is 39.7 Å². The number of aryl methyl sites for hydroxylation is 1. The van der Waals surface area contributed by atoms with Crippen LogP contribution in [0.1, 0.15) is 81.9 Å². The highest BCUT2D eigenvalue weighted by Gasteiger charge is 2.60. The van der Waals surface area contributed by atoms with Crippen LogP contribution in [0.3, 0.4) is 0 Å². The summed E-state index contributed by atoms with van der Waals surface area (Å²) in [6.07, 6.45) is 7.84. The van der Waals surface area contributed by atoms with Crippen LogP contribution in [0.25, 0.3) is 5.76 Å². The highest BCUT2D eigenvalue weighted by atomic mass is 16.3. The van der Waals surface area contributed by atoms with Crippen molar-refractivity contribution < 1.29 is 34.8 Å². The van der Waals surface area contributed by atoms with E-state index < -0.39 is 51.9 Å². The van der Waals surface area contributed by atoms with Gasteiger partial charge in [0.25, 0.3) is 0 Å². The number of benzene rings is 1. The maximum absolute atomic E-state index is 13.8. The molecule has 5 rings (SSSR count). The number of Topliss-reactive ketones (excluding diaryl/α,β-unsaturated/α-hetero) is 3. The fourth-order valence-electron chi connectivity index (χ4n) is 7.62. The Morgan fingerprint density at radius 3 is 2.38 bits per heavy atom. The molecule has 1 aromatic rings. The molecule has 4 aliphatic carbocycles. The topological polar surface area (TPSA) is 135 Å². The van der Waals surface area contributed by atoms with Crippen LogP contribution in [0.2, 0.25) is 0 Å². The first-order valence-corrected chi connectivity index (χ1v) is 14.6. The number of aromatic hydroxyl groups is 1. The number of phenols is 1. The number of anilines is 1. The van der Waals surface area contributed by atoms with E-state index in [1.807, 2.05) is 25.1 Å². The van der Waals surface area contributed by atoms with Crippen LogP contribution in [-0.2, 0) is 27.2 Å². The molecular formula is C32H41NO7. The summed E-state index contributed by atoms with van der Waals surface area (Å²) < 4.78 is 0. The largest absolute Gasteiger partial charge is 0.508 e. The molecule has 3 atom stereocenters. The molecule has 0 bridgehead atoms. The smallest absolute Gasteiger partial charge is 0.202 e. The summed E-state index contributed by atoms with van der Waals surface area (Å²) in [5.74, 6) is -3.58. The highest BCUT2D eigenvalue weighted by Crippen LogP contribution is 2.53. The Kier molecular flexibility index (Phi) is 7.36. The number of nitrogens with zero attached hydrogens (tertiary/aromatic N) is 1. The van der Waals surface area contributed by atoms with Crippen molar-refractivity contribution in [3.63, 3.8) is 0 Å². The second-order valence-electron chi connectivity index (χ2n) is 12.8. The van der Waals surface area contributed by atoms with E-state index >= 15 is 0 Å². The number of aliphatic hydroxyl groups excluding tert-OH is 2. The quantitative estimate of drug-likeness (QED) is 0.372. The van der Waals surface area contributed by atoms with Gasteiger partial charge in [-0.25, -0.2) is 0 Å². The molecule has 0 aliphatic heterocycles. The van der Waals surface area contributed by atoms with E-state index in [2.05, 4.69) is 6.92 Å². The lowest BCUT2D eigenvalue weighted by Crippen LogP contribution is -2.57. The third-order valence-corrected chi connectivity index (χ3v) is 9.90. The molecule has 2 saturated carbocycles. The number of ketones is 3. The number of carbonyl (C=O) groups is 3. The van der Waals surface area contributed by atoms with E-state index in [1.54, 1.807) is 0 Å². The third-order valence-electron chi connectivity index (χ3n) is 9.90. The standard InChI is InChI=1S/C32H41NO7/c1-16-8-10-18(11-9-16)6-5-7-19-14-23(33(3)4)22-13-20-12-21-15-24(35)25(17(2)34)30(38)32(21,40)31(39)26(20)29(37)27(22)28(19)36/h14,16,18,20-21,36-38,40H,5-13,15H2,1-4H3/t16?,18?,20-,21+,32-/m1/s1. The Balaban J connectivity index is 1.53. The highest BCUT2D eigenvalue weighted by molar-refractivity contribution is 6.23. The van der Waals surface area contributed by atoms with E-state index in [0.29, 0.717) is 29.9 Å². The molecule has 8 heteroatoms. The number of phenolic OH excluding ortho intramolecular Hbond substituents is 1. The molecule has 4 N–H and O–H groups in total. The van der Waals surface area contributed by atoms with Gasteiger partial charge in [-0.15, -0.1) is 0 Å². The Morgan fingerprint density at radius 2 is 1.75 bits per heavy atom. The fraction of sp³-hybridized carbons (Fsp3) is 0.594. The fourth-order valence-corrected chi connectivity index (χ4v) is 7.62. The van der Waals surface area contributed by atoms with Crippen molar-refractivity contribution in [2.75, 3.05) is 19.0 Å². The molecule has 0 spiro atoms. The molecule has 0 unspecified atom stereocenters. The van der Waals surface area contributed by atoms with E-state index in [9.17, 15) is 34.8 Å². The van der Waals surface area contributed by atoms with E-state index in [1.165, 1.54) is 25.7 Å². The van der Waals surface area contributed by atoms with Gasteiger partial charge in [-0.1, -0.05) is 39.0 Å². The van der Waals surface area contributed by atoms with Crippen LogP contribution in [0.4, 0.5) is 5.69 Å². The van der Waals surface area contributed by atoms with Gasteiger partial charge in [0.2, 0.25) is 5.78 Å². The van der Waals surface area contributed by atoms with Crippen molar-refractivity contribution in [3.8, 4) is 5.75 Å². The molecule has 2 fully saturated rings. The van der Waals surface area contributed by atoms with Crippen molar-refractivity contribution in [2.24, 2.45) is 23.7 Å². The molecule has 0 heterocycles. The van der Waals surface area contributed by atoms with Gasteiger partial charge in [0.05, 0.1) is 5.56 Å². The summed E-state index contributed by atoms with van der Waals surface area (Å²) in [7, 11) is 3.79. The normalized spacial score (nSPS) is 30.1.